The number of nitro groups is 1. The molecular weight excluding hydrogens is 352 g/mol. The molecule has 0 aliphatic heterocycles. The fourth-order valence-electron chi connectivity index (χ4n) is 3.31. The molecule has 0 heterocycles. The van der Waals surface area contributed by atoms with Crippen molar-refractivity contribution < 1.29 is 24.0 Å². The molecule has 1 N–H and O–H groups in total. The minimum atomic E-state index is -1.58. The number of rotatable bonds is 7. The second-order valence-electron chi connectivity index (χ2n) is 6.69. The van der Waals surface area contributed by atoms with Crippen molar-refractivity contribution in [2.24, 2.45) is 0 Å². The Morgan fingerprint density at radius 1 is 1.15 bits per heavy atom. The van der Waals surface area contributed by atoms with Gasteiger partial charge in [0.15, 0.2) is 0 Å². The lowest BCUT2D eigenvalue weighted by Gasteiger charge is -2.30. The molecule has 0 aromatic heterocycles. The maximum atomic E-state index is 12.4. The van der Waals surface area contributed by atoms with Crippen molar-refractivity contribution in [1.29, 1.82) is 0 Å². The molecule has 0 radical (unpaired) electrons. The quantitative estimate of drug-likeness (QED) is 0.255. The van der Waals surface area contributed by atoms with Crippen molar-refractivity contribution >= 4 is 17.6 Å². The summed E-state index contributed by atoms with van der Waals surface area (Å²) in [5.41, 5.74) is 0.476. The van der Waals surface area contributed by atoms with Crippen LogP contribution in [0.5, 0.6) is 0 Å². The molecule has 0 spiro atoms. The van der Waals surface area contributed by atoms with E-state index < -0.39 is 22.4 Å². The van der Waals surface area contributed by atoms with Crippen LogP contribution < -0.4 is 5.32 Å². The molecular formula is C19H26N2O6. The summed E-state index contributed by atoms with van der Waals surface area (Å²) in [5, 5.41) is 14.1. The van der Waals surface area contributed by atoms with Crippen LogP contribution in [0.15, 0.2) is 18.2 Å². The zero-order valence-corrected chi connectivity index (χ0v) is 15.9. The number of nitrogens with one attached hydrogen (secondary N) is 1. The van der Waals surface area contributed by atoms with Gasteiger partial charge in [0.2, 0.25) is 5.54 Å². The maximum absolute atomic E-state index is 12.4. The second-order valence-corrected chi connectivity index (χ2v) is 6.69. The Hall–Kier alpha value is -2.48. The SMILES string of the molecule is CCOC(=O)C(C)(NC1CCc2ccc([N+](=O)[O-])cc2CC1)C(=O)OCC. The number of carbonyl (C=O) groups is 2. The lowest BCUT2D eigenvalue weighted by molar-refractivity contribution is -0.384. The van der Waals surface area contributed by atoms with E-state index in [1.165, 1.54) is 13.0 Å². The van der Waals surface area contributed by atoms with Crippen molar-refractivity contribution in [3.05, 3.63) is 39.4 Å². The molecule has 1 aromatic rings. The number of aryl methyl sites for hydroxylation is 2. The van der Waals surface area contributed by atoms with E-state index in [1.807, 2.05) is 0 Å². The van der Waals surface area contributed by atoms with Crippen LogP contribution in [0.25, 0.3) is 0 Å². The number of hydrogen-bond donors (Lipinski definition) is 1. The van der Waals surface area contributed by atoms with Gasteiger partial charge in [-0.15, -0.1) is 0 Å². The number of fused-ring (bicyclic) bond motifs is 1. The minimum Gasteiger partial charge on any atom is -0.464 e. The van der Waals surface area contributed by atoms with Gasteiger partial charge in [-0.3, -0.25) is 15.4 Å². The zero-order chi connectivity index (χ0) is 20.0. The highest BCUT2D eigenvalue weighted by Crippen LogP contribution is 2.26. The van der Waals surface area contributed by atoms with E-state index in [9.17, 15) is 19.7 Å². The molecule has 8 heteroatoms. The van der Waals surface area contributed by atoms with Gasteiger partial charge in [0.1, 0.15) is 0 Å². The molecule has 0 bridgehead atoms. The van der Waals surface area contributed by atoms with Crippen molar-refractivity contribution in [1.82, 2.24) is 5.32 Å². The Bertz CT molecular complexity index is 700. The number of ether oxygens (including phenoxy) is 2. The van der Waals surface area contributed by atoms with E-state index in [0.717, 1.165) is 11.1 Å². The molecule has 27 heavy (non-hydrogen) atoms. The lowest BCUT2D eigenvalue weighted by atomic mass is 9.98. The number of non-ortho nitro benzene ring substituents is 1. The number of esters is 2. The van der Waals surface area contributed by atoms with Crippen LogP contribution in [-0.2, 0) is 31.9 Å². The van der Waals surface area contributed by atoms with Gasteiger partial charge < -0.3 is 9.47 Å². The Labute approximate surface area is 158 Å². The summed E-state index contributed by atoms with van der Waals surface area (Å²) in [6.45, 7) is 5.16. The average Bonchev–Trinajstić information content (AvgIpc) is 2.83. The van der Waals surface area contributed by atoms with Crippen molar-refractivity contribution in [3.63, 3.8) is 0 Å². The number of carbonyl (C=O) groups excluding carboxylic acids is 2. The van der Waals surface area contributed by atoms with E-state index >= 15 is 0 Å². The first-order chi connectivity index (χ1) is 12.8. The monoisotopic (exact) mass is 378 g/mol. The molecule has 1 atom stereocenters. The van der Waals surface area contributed by atoms with E-state index in [0.29, 0.717) is 25.7 Å². The first-order valence-corrected chi connectivity index (χ1v) is 9.20. The van der Waals surface area contributed by atoms with E-state index in [4.69, 9.17) is 9.47 Å². The highest BCUT2D eigenvalue weighted by atomic mass is 16.6. The minimum absolute atomic E-state index is 0.0723. The lowest BCUT2D eigenvalue weighted by Crippen LogP contribution is -2.60. The number of benzene rings is 1. The van der Waals surface area contributed by atoms with E-state index in [-0.39, 0.29) is 24.9 Å². The number of hydrogen-bond acceptors (Lipinski definition) is 7. The third kappa shape index (κ3) is 4.82. The van der Waals surface area contributed by atoms with Gasteiger partial charge in [-0.25, -0.2) is 9.59 Å². The van der Waals surface area contributed by atoms with Crippen molar-refractivity contribution in [3.8, 4) is 0 Å². The topological polar surface area (TPSA) is 108 Å². The average molecular weight is 378 g/mol. The van der Waals surface area contributed by atoms with Gasteiger partial charge in [-0.2, -0.15) is 0 Å². The first kappa shape index (κ1) is 20.8. The van der Waals surface area contributed by atoms with Crippen LogP contribution in [0.4, 0.5) is 5.69 Å². The van der Waals surface area contributed by atoms with Gasteiger partial charge in [-0.05, 0) is 57.6 Å². The van der Waals surface area contributed by atoms with Gasteiger partial charge in [-0.1, -0.05) is 6.07 Å². The maximum Gasteiger partial charge on any atom is 0.337 e. The summed E-state index contributed by atoms with van der Waals surface area (Å²) in [6, 6.07) is 4.77. The molecule has 1 unspecified atom stereocenters. The molecule has 1 aliphatic carbocycles. The van der Waals surface area contributed by atoms with Gasteiger partial charge >= 0.3 is 11.9 Å². The van der Waals surface area contributed by atoms with Crippen LogP contribution in [0.2, 0.25) is 0 Å². The van der Waals surface area contributed by atoms with Crippen molar-refractivity contribution in [2.45, 2.75) is 58.0 Å². The Kier molecular flexibility index (Phi) is 6.90. The van der Waals surface area contributed by atoms with Crippen LogP contribution >= 0.6 is 0 Å². The van der Waals surface area contributed by atoms with Gasteiger partial charge in [0.05, 0.1) is 18.1 Å². The highest BCUT2D eigenvalue weighted by molar-refractivity contribution is 6.04. The zero-order valence-electron chi connectivity index (χ0n) is 15.9. The summed E-state index contributed by atoms with van der Waals surface area (Å²) in [6.07, 6.45) is 2.66. The molecule has 0 saturated heterocycles. The van der Waals surface area contributed by atoms with Gasteiger partial charge in [0.25, 0.3) is 5.69 Å². The molecule has 1 aliphatic rings. The normalized spacial score (nSPS) is 16.8. The number of nitrogens with zero attached hydrogens (tertiary/aromatic N) is 1. The van der Waals surface area contributed by atoms with Crippen LogP contribution in [0.3, 0.4) is 0 Å². The fraction of sp³-hybridized carbons (Fsp3) is 0.579. The van der Waals surface area contributed by atoms with Crippen molar-refractivity contribution in [2.75, 3.05) is 13.2 Å². The largest absolute Gasteiger partial charge is 0.464 e. The van der Waals surface area contributed by atoms with Gasteiger partial charge in [0, 0.05) is 18.2 Å². The second kappa shape index (κ2) is 8.94. The van der Waals surface area contributed by atoms with Crippen LogP contribution in [0.1, 0.15) is 44.7 Å². The highest BCUT2D eigenvalue weighted by Gasteiger charge is 2.45. The molecule has 0 fully saturated rings. The predicted molar refractivity (Wildman–Crippen MR) is 98.3 cm³/mol. The fourth-order valence-corrected chi connectivity index (χ4v) is 3.31. The van der Waals surface area contributed by atoms with Crippen LogP contribution in [-0.4, -0.2) is 41.7 Å². The smallest absolute Gasteiger partial charge is 0.337 e. The summed E-state index contributed by atoms with van der Waals surface area (Å²) < 4.78 is 10.1. The summed E-state index contributed by atoms with van der Waals surface area (Å²) in [5.74, 6) is -1.33. The molecule has 0 amide bonds. The Morgan fingerprint density at radius 3 is 2.22 bits per heavy atom. The third-order valence-corrected chi connectivity index (χ3v) is 4.79. The van der Waals surface area contributed by atoms with Crippen LogP contribution in [0, 0.1) is 10.1 Å². The molecule has 8 nitrogen and oxygen atoms in total. The molecule has 1 aromatic carbocycles. The first-order valence-electron chi connectivity index (χ1n) is 9.20. The summed E-state index contributed by atoms with van der Waals surface area (Å²) >= 11 is 0. The summed E-state index contributed by atoms with van der Waals surface area (Å²) in [4.78, 5) is 35.4. The number of nitro benzene ring substituents is 1. The predicted octanol–water partition coefficient (Wildman–Crippen LogP) is 2.32. The summed E-state index contributed by atoms with van der Waals surface area (Å²) in [7, 11) is 0. The molecule has 2 rings (SSSR count). The third-order valence-electron chi connectivity index (χ3n) is 4.79. The Balaban J connectivity index is 2.16. The Morgan fingerprint density at radius 2 is 1.70 bits per heavy atom. The standard InChI is InChI=1S/C19H26N2O6/c1-4-26-17(22)19(3,18(23)27-5-2)20-15-9-6-13-8-11-16(21(24)25)12-14(13)7-10-15/h8,11-12,15,20H,4-7,9-10H2,1-3H3. The van der Waals surface area contributed by atoms with E-state index in [1.54, 1.807) is 26.0 Å². The molecule has 0 saturated carbocycles. The van der Waals surface area contributed by atoms with E-state index in [2.05, 4.69) is 5.32 Å². The molecule has 148 valence electrons.